The quantitative estimate of drug-likeness (QED) is 0.535. The summed E-state index contributed by atoms with van der Waals surface area (Å²) in [6.07, 6.45) is 1.07. The van der Waals surface area contributed by atoms with Crippen LogP contribution in [-0.4, -0.2) is 21.1 Å². The van der Waals surface area contributed by atoms with Gasteiger partial charge >= 0.3 is 0 Å². The molecule has 5 nitrogen and oxygen atoms in total. The molecule has 2 aromatic carbocycles. The van der Waals surface area contributed by atoms with E-state index in [1.807, 2.05) is 32.0 Å². The van der Waals surface area contributed by atoms with Gasteiger partial charge in [0.15, 0.2) is 5.82 Å². The molecule has 1 N–H and O–H groups in total. The molecule has 0 aliphatic heterocycles. The Kier molecular flexibility index (Phi) is 5.22. The highest BCUT2D eigenvalue weighted by Gasteiger charge is 2.09. The summed E-state index contributed by atoms with van der Waals surface area (Å²) in [7, 11) is 0. The molecule has 0 bridgehead atoms. The lowest BCUT2D eigenvalue weighted by molar-refractivity contribution is 0.288. The van der Waals surface area contributed by atoms with E-state index in [2.05, 4.69) is 15.3 Å². The number of nitrogens with one attached hydrogen (secondary N) is 1. The first-order chi connectivity index (χ1) is 12.5. The molecule has 26 heavy (non-hydrogen) atoms. The molecule has 0 atom stereocenters. The Hall–Kier alpha value is -2.87. The van der Waals surface area contributed by atoms with Gasteiger partial charge < -0.3 is 4.74 Å². The highest BCUT2D eigenvalue weighted by Crippen LogP contribution is 2.19. The molecule has 0 aliphatic carbocycles. The summed E-state index contributed by atoms with van der Waals surface area (Å²) >= 11 is 5.12. The number of H-pyrrole nitrogens is 1. The number of aromatic amines is 1. The van der Waals surface area contributed by atoms with Gasteiger partial charge in [0.2, 0.25) is 4.77 Å². The first-order valence-corrected chi connectivity index (χ1v) is 8.21. The van der Waals surface area contributed by atoms with Crippen LogP contribution in [0.25, 0.3) is 0 Å². The van der Waals surface area contributed by atoms with Crippen LogP contribution in [0.1, 0.15) is 22.5 Å². The van der Waals surface area contributed by atoms with Crippen molar-refractivity contribution in [3.05, 3.63) is 75.3 Å². The fourth-order valence-electron chi connectivity index (χ4n) is 2.39. The third-order valence-corrected chi connectivity index (χ3v) is 3.97. The summed E-state index contributed by atoms with van der Waals surface area (Å²) in [6.45, 7) is 4.03. The van der Waals surface area contributed by atoms with Gasteiger partial charge in [0, 0.05) is 0 Å². The van der Waals surface area contributed by atoms with E-state index in [4.69, 9.17) is 17.0 Å². The normalized spacial score (nSPS) is 11.2. The van der Waals surface area contributed by atoms with Crippen LogP contribution in [0.2, 0.25) is 0 Å². The number of aromatic nitrogens is 3. The van der Waals surface area contributed by atoms with Crippen molar-refractivity contribution < 1.29 is 13.5 Å². The molecule has 0 fully saturated rings. The molecule has 134 valence electrons. The average molecular weight is 374 g/mol. The van der Waals surface area contributed by atoms with Gasteiger partial charge in [-0.15, -0.1) is 0 Å². The Morgan fingerprint density at radius 2 is 1.96 bits per heavy atom. The van der Waals surface area contributed by atoms with Gasteiger partial charge in [-0.25, -0.2) is 13.9 Å². The van der Waals surface area contributed by atoms with E-state index in [0.717, 1.165) is 29.5 Å². The van der Waals surface area contributed by atoms with Crippen molar-refractivity contribution in [2.24, 2.45) is 5.10 Å². The molecule has 0 aliphatic rings. The second-order valence-electron chi connectivity index (χ2n) is 5.69. The van der Waals surface area contributed by atoms with E-state index in [1.54, 1.807) is 0 Å². The van der Waals surface area contributed by atoms with Crippen LogP contribution in [-0.2, 0) is 6.61 Å². The molecule has 0 unspecified atom stereocenters. The van der Waals surface area contributed by atoms with Crippen LogP contribution in [0.4, 0.5) is 8.78 Å². The van der Waals surface area contributed by atoms with E-state index in [9.17, 15) is 8.78 Å². The van der Waals surface area contributed by atoms with Crippen molar-refractivity contribution in [3.63, 3.8) is 0 Å². The lowest BCUT2D eigenvalue weighted by Gasteiger charge is -2.09. The van der Waals surface area contributed by atoms with Crippen LogP contribution in [0.15, 0.2) is 41.5 Å². The van der Waals surface area contributed by atoms with Crippen molar-refractivity contribution in [3.8, 4) is 5.75 Å². The minimum Gasteiger partial charge on any atom is -0.485 e. The molecule has 0 amide bonds. The maximum absolute atomic E-state index is 13.7. The SMILES string of the molecule is Cc1ccc(OCc2n[nH]c(=S)n2/N=C\c2c(F)cccc2F)c(C)c1. The second-order valence-corrected chi connectivity index (χ2v) is 6.08. The molecule has 0 spiro atoms. The number of hydrogen-bond donors (Lipinski definition) is 1. The number of hydrogen-bond acceptors (Lipinski definition) is 4. The minimum atomic E-state index is -0.711. The van der Waals surface area contributed by atoms with Crippen LogP contribution >= 0.6 is 12.2 Å². The van der Waals surface area contributed by atoms with Crippen LogP contribution in [0, 0.1) is 30.3 Å². The maximum atomic E-state index is 13.7. The number of nitrogens with zero attached hydrogens (tertiary/aromatic N) is 3. The van der Waals surface area contributed by atoms with Gasteiger partial charge in [0.25, 0.3) is 0 Å². The van der Waals surface area contributed by atoms with Gasteiger partial charge in [-0.1, -0.05) is 23.8 Å². The van der Waals surface area contributed by atoms with Gasteiger partial charge in [-0.3, -0.25) is 0 Å². The highest BCUT2D eigenvalue weighted by atomic mass is 32.1. The monoisotopic (exact) mass is 374 g/mol. The molecular formula is C18H16F2N4OS. The molecule has 3 rings (SSSR count). The number of halogens is 2. The molecule has 8 heteroatoms. The third-order valence-electron chi connectivity index (χ3n) is 3.71. The molecule has 0 radical (unpaired) electrons. The van der Waals surface area contributed by atoms with E-state index in [-0.39, 0.29) is 16.9 Å². The maximum Gasteiger partial charge on any atom is 0.216 e. The van der Waals surface area contributed by atoms with E-state index in [1.165, 1.54) is 10.7 Å². The fraction of sp³-hybridized carbons (Fsp3) is 0.167. The van der Waals surface area contributed by atoms with Gasteiger partial charge in [0.05, 0.1) is 11.8 Å². The Bertz CT molecular complexity index is 1010. The highest BCUT2D eigenvalue weighted by molar-refractivity contribution is 7.71. The largest absolute Gasteiger partial charge is 0.485 e. The van der Waals surface area contributed by atoms with Crippen LogP contribution in [0.5, 0.6) is 5.75 Å². The summed E-state index contributed by atoms with van der Waals surface area (Å²) in [5.74, 6) is -0.336. The van der Waals surface area contributed by atoms with Crippen LogP contribution in [0.3, 0.4) is 0 Å². The Morgan fingerprint density at radius 3 is 2.65 bits per heavy atom. The predicted molar refractivity (Wildman–Crippen MR) is 97.0 cm³/mol. The standard InChI is InChI=1S/C18H16F2N4OS/c1-11-6-7-16(12(2)8-11)25-10-17-22-23-18(26)24(17)21-9-13-14(19)4-3-5-15(13)20/h3-9H,10H2,1-2H3,(H,23,26)/b21-9-. The minimum absolute atomic E-state index is 0.0914. The topological polar surface area (TPSA) is 55.2 Å². The van der Waals surface area contributed by atoms with Gasteiger partial charge in [-0.2, -0.15) is 14.9 Å². The van der Waals surface area contributed by atoms with Crippen LogP contribution < -0.4 is 4.74 Å². The summed E-state index contributed by atoms with van der Waals surface area (Å²) in [5.41, 5.74) is 1.87. The van der Waals surface area contributed by atoms with Crippen molar-refractivity contribution >= 4 is 18.4 Å². The average Bonchev–Trinajstić information content (AvgIpc) is 2.94. The molecule has 1 heterocycles. The number of benzene rings is 2. The summed E-state index contributed by atoms with van der Waals surface area (Å²) in [6, 6.07) is 9.42. The zero-order valence-electron chi connectivity index (χ0n) is 14.2. The number of rotatable bonds is 5. The van der Waals surface area contributed by atoms with Gasteiger partial charge in [-0.05, 0) is 49.8 Å². The van der Waals surface area contributed by atoms with E-state index < -0.39 is 11.6 Å². The molecule has 0 saturated carbocycles. The predicted octanol–water partition coefficient (Wildman–Crippen LogP) is 4.30. The van der Waals surface area contributed by atoms with Crippen molar-refractivity contribution in [1.82, 2.24) is 14.9 Å². The molecule has 0 saturated heterocycles. The summed E-state index contributed by atoms with van der Waals surface area (Å²) in [4.78, 5) is 0. The smallest absolute Gasteiger partial charge is 0.216 e. The Balaban J connectivity index is 1.83. The van der Waals surface area contributed by atoms with Crippen molar-refractivity contribution in [1.29, 1.82) is 0 Å². The number of aryl methyl sites for hydroxylation is 2. The molecule has 3 aromatic rings. The molecule has 1 aromatic heterocycles. The zero-order valence-corrected chi connectivity index (χ0v) is 15.0. The lowest BCUT2D eigenvalue weighted by atomic mass is 10.1. The van der Waals surface area contributed by atoms with E-state index in [0.29, 0.717) is 11.6 Å². The lowest BCUT2D eigenvalue weighted by Crippen LogP contribution is -2.05. The van der Waals surface area contributed by atoms with E-state index >= 15 is 0 Å². The number of ether oxygens (including phenoxy) is 1. The Morgan fingerprint density at radius 1 is 1.23 bits per heavy atom. The first kappa shape index (κ1) is 17.9. The van der Waals surface area contributed by atoms with Crippen molar-refractivity contribution in [2.45, 2.75) is 20.5 Å². The summed E-state index contributed by atoms with van der Waals surface area (Å²) in [5, 5.41) is 10.7. The first-order valence-electron chi connectivity index (χ1n) is 7.80. The zero-order chi connectivity index (χ0) is 18.7. The second kappa shape index (κ2) is 7.57. The molecular weight excluding hydrogens is 358 g/mol. The van der Waals surface area contributed by atoms with Crippen molar-refractivity contribution in [2.75, 3.05) is 0 Å². The van der Waals surface area contributed by atoms with Gasteiger partial charge in [0.1, 0.15) is 24.0 Å². The summed E-state index contributed by atoms with van der Waals surface area (Å²) < 4.78 is 34.6. The fourth-order valence-corrected chi connectivity index (χ4v) is 2.59. The Labute approximate surface area is 154 Å². The third kappa shape index (κ3) is 3.85.